The van der Waals surface area contributed by atoms with E-state index >= 15 is 0 Å². The zero-order valence-corrected chi connectivity index (χ0v) is 28.2. The highest BCUT2D eigenvalue weighted by atomic mass is 35.5. The number of nitrogens with one attached hydrogen (secondary N) is 3. The predicted octanol–water partition coefficient (Wildman–Crippen LogP) is 5.39. The summed E-state index contributed by atoms with van der Waals surface area (Å²) in [4.78, 5) is 14.0. The van der Waals surface area contributed by atoms with Gasteiger partial charge in [-0.2, -0.15) is 20.2 Å². The van der Waals surface area contributed by atoms with Crippen molar-refractivity contribution < 1.29 is 23.2 Å². The molecule has 0 spiro atoms. The largest absolute Gasteiger partial charge is 0.506 e. The molecule has 1 aromatic heterocycles. The van der Waals surface area contributed by atoms with E-state index in [4.69, 9.17) is 16.2 Å². The Morgan fingerprint density at radius 3 is 2.39 bits per heavy atom. The van der Waals surface area contributed by atoms with E-state index in [1.54, 1.807) is 32.0 Å². The van der Waals surface area contributed by atoms with E-state index in [1.807, 2.05) is 36.9 Å². The van der Waals surface area contributed by atoms with Crippen molar-refractivity contribution in [3.63, 3.8) is 0 Å². The number of thioether (sulfide) groups is 1. The number of aryl methyl sites for hydroxylation is 3. The standard InChI is InChI=1S/C22H28ClN3O3S2.C9H12O3S/c23-17-5-2-1-4-15(17)8-10-24-9-3-12-30-13-11-25-14-19(28)16-6-7-18(27)20-21(16)31-22(29)26-20;1-6-4-7(2)9(8(3)5-6)13(10,11)12/h1-2,4-7,19,24-25,27-28H,3,8-14H2,(H,26,29);4-5H,1-3H3,(H,10,11,12)/t19-;/m0./s1. The molecule has 0 saturated heterocycles. The predicted molar refractivity (Wildman–Crippen MR) is 182 cm³/mol. The topological polar surface area (TPSA) is 152 Å². The minimum Gasteiger partial charge on any atom is -0.506 e. The first-order chi connectivity index (χ1) is 20.9. The minimum absolute atomic E-state index is 0.0204. The molecule has 0 aliphatic heterocycles. The number of hydrogen-bond donors (Lipinski definition) is 6. The van der Waals surface area contributed by atoms with Crippen LogP contribution in [0.4, 0.5) is 0 Å². The van der Waals surface area contributed by atoms with Crippen LogP contribution in [0.1, 0.15) is 40.3 Å². The zero-order valence-electron chi connectivity index (χ0n) is 25.0. The van der Waals surface area contributed by atoms with Gasteiger partial charge in [-0.1, -0.05) is 64.9 Å². The van der Waals surface area contributed by atoms with Gasteiger partial charge in [0.15, 0.2) is 0 Å². The lowest BCUT2D eigenvalue weighted by Gasteiger charge is -2.13. The Labute approximate surface area is 271 Å². The van der Waals surface area contributed by atoms with E-state index in [2.05, 4.69) is 21.7 Å². The van der Waals surface area contributed by atoms with Gasteiger partial charge in [-0.25, -0.2) is 0 Å². The molecule has 0 radical (unpaired) electrons. The number of aromatic amines is 1. The number of rotatable bonds is 14. The number of phenolic OH excluding ortho intramolecular Hbond substituents is 1. The van der Waals surface area contributed by atoms with Crippen LogP contribution in [0.15, 0.2) is 58.2 Å². The first-order valence-electron chi connectivity index (χ1n) is 14.2. The Morgan fingerprint density at radius 1 is 1.00 bits per heavy atom. The van der Waals surface area contributed by atoms with Crippen molar-refractivity contribution in [3.8, 4) is 5.75 Å². The van der Waals surface area contributed by atoms with E-state index in [0.717, 1.165) is 65.9 Å². The Balaban J connectivity index is 0.000000340. The maximum Gasteiger partial charge on any atom is 0.305 e. The van der Waals surface area contributed by atoms with Crippen molar-refractivity contribution in [2.24, 2.45) is 0 Å². The van der Waals surface area contributed by atoms with Crippen molar-refractivity contribution in [2.75, 3.05) is 37.7 Å². The number of fused-ring (bicyclic) bond motifs is 1. The number of H-pyrrole nitrogens is 1. The maximum atomic E-state index is 11.6. The molecule has 0 fully saturated rings. The second-order valence-electron chi connectivity index (χ2n) is 10.4. The third-order valence-corrected chi connectivity index (χ3v) is 10.3. The summed E-state index contributed by atoms with van der Waals surface area (Å²) in [6.45, 7) is 8.33. The molecule has 1 atom stereocenters. The van der Waals surface area contributed by atoms with Crippen molar-refractivity contribution in [2.45, 2.75) is 44.6 Å². The fourth-order valence-corrected chi connectivity index (χ4v) is 7.74. The number of hydrogen-bond acceptors (Lipinski definition) is 9. The second kappa shape index (κ2) is 17.3. The monoisotopic (exact) mass is 681 g/mol. The molecule has 0 saturated carbocycles. The van der Waals surface area contributed by atoms with E-state index in [0.29, 0.717) is 33.5 Å². The Bertz CT molecular complexity index is 1670. The third-order valence-electron chi connectivity index (χ3n) is 6.74. The number of benzene rings is 3. The molecule has 0 bridgehead atoms. The Morgan fingerprint density at radius 2 is 1.70 bits per heavy atom. The molecule has 240 valence electrons. The number of halogens is 1. The molecular formula is C31H40ClN3O6S3. The lowest BCUT2D eigenvalue weighted by Crippen LogP contribution is -2.24. The summed E-state index contributed by atoms with van der Waals surface area (Å²) in [6.07, 6.45) is 1.31. The van der Waals surface area contributed by atoms with Crippen LogP contribution >= 0.6 is 34.7 Å². The van der Waals surface area contributed by atoms with Gasteiger partial charge in [0.2, 0.25) is 0 Å². The number of aliphatic hydroxyl groups excluding tert-OH is 1. The third kappa shape index (κ3) is 10.9. The van der Waals surface area contributed by atoms with Crippen LogP contribution in [-0.4, -0.2) is 65.9 Å². The first kappa shape index (κ1) is 36.1. The average Bonchev–Trinajstić information content (AvgIpc) is 3.34. The van der Waals surface area contributed by atoms with Crippen LogP contribution in [-0.2, 0) is 16.5 Å². The highest BCUT2D eigenvalue weighted by molar-refractivity contribution is 7.99. The van der Waals surface area contributed by atoms with Gasteiger partial charge in [-0.3, -0.25) is 9.35 Å². The van der Waals surface area contributed by atoms with Gasteiger partial charge in [-0.15, -0.1) is 0 Å². The maximum absolute atomic E-state index is 11.6. The van der Waals surface area contributed by atoms with Gasteiger partial charge < -0.3 is 25.8 Å². The van der Waals surface area contributed by atoms with Crippen molar-refractivity contribution >= 4 is 55.0 Å². The van der Waals surface area contributed by atoms with Crippen molar-refractivity contribution in [3.05, 3.63) is 91.0 Å². The SMILES string of the molecule is Cc1cc(C)c(S(=O)(=O)O)c(C)c1.O=c1[nH]c2c(O)ccc([C@@H](O)CNCCSCCCNCCc3ccccc3Cl)c2s1. The molecule has 3 aromatic carbocycles. The van der Waals surface area contributed by atoms with E-state index in [-0.39, 0.29) is 15.5 Å². The lowest BCUT2D eigenvalue weighted by atomic mass is 10.1. The number of aliphatic hydroxyl groups is 1. The van der Waals surface area contributed by atoms with Gasteiger partial charge in [-0.05, 0) is 81.3 Å². The van der Waals surface area contributed by atoms with Gasteiger partial charge >= 0.3 is 4.87 Å². The van der Waals surface area contributed by atoms with Crippen molar-refractivity contribution in [1.82, 2.24) is 15.6 Å². The van der Waals surface area contributed by atoms with Crippen molar-refractivity contribution in [1.29, 1.82) is 0 Å². The van der Waals surface area contributed by atoms with Gasteiger partial charge in [0.25, 0.3) is 10.1 Å². The molecule has 44 heavy (non-hydrogen) atoms. The fraction of sp³-hybridized carbons (Fsp3) is 0.387. The summed E-state index contributed by atoms with van der Waals surface area (Å²) in [5.41, 5.74) is 4.38. The summed E-state index contributed by atoms with van der Waals surface area (Å²) >= 11 is 9.04. The summed E-state index contributed by atoms with van der Waals surface area (Å²) in [5.74, 6) is 2.07. The highest BCUT2D eigenvalue weighted by Gasteiger charge is 2.17. The summed E-state index contributed by atoms with van der Waals surface area (Å²) in [5, 5.41) is 27.9. The van der Waals surface area contributed by atoms with Gasteiger partial charge in [0.1, 0.15) is 11.3 Å². The fourth-order valence-electron chi connectivity index (χ4n) is 4.82. The molecule has 13 heteroatoms. The number of aromatic hydroxyl groups is 1. The minimum atomic E-state index is -4.08. The smallest absolute Gasteiger partial charge is 0.305 e. The summed E-state index contributed by atoms with van der Waals surface area (Å²) in [6, 6.07) is 14.6. The molecule has 0 amide bonds. The number of aromatic nitrogens is 1. The molecule has 1 heterocycles. The summed E-state index contributed by atoms with van der Waals surface area (Å²) < 4.78 is 31.4. The van der Waals surface area contributed by atoms with Crippen LogP contribution in [0.5, 0.6) is 5.75 Å². The molecule has 0 aliphatic rings. The lowest BCUT2D eigenvalue weighted by molar-refractivity contribution is 0.177. The molecule has 0 unspecified atom stereocenters. The van der Waals surface area contributed by atoms with Gasteiger partial charge in [0, 0.05) is 29.4 Å². The molecule has 4 rings (SSSR count). The van der Waals surface area contributed by atoms with Crippen LogP contribution < -0.4 is 15.5 Å². The van der Waals surface area contributed by atoms with Crippen LogP contribution in [0, 0.1) is 20.8 Å². The van der Waals surface area contributed by atoms with Crippen LogP contribution in [0.25, 0.3) is 10.2 Å². The first-order valence-corrected chi connectivity index (χ1v) is 18.0. The number of thiazole rings is 1. The molecule has 6 N–H and O–H groups in total. The molecule has 0 aliphatic carbocycles. The van der Waals surface area contributed by atoms with E-state index in [1.165, 1.54) is 11.6 Å². The Hall–Kier alpha value is -2.42. The molecule has 4 aromatic rings. The Kier molecular flexibility index (Phi) is 14.2. The quantitative estimate of drug-likeness (QED) is 0.0761. The van der Waals surface area contributed by atoms with Gasteiger partial charge in [0.05, 0.1) is 15.7 Å². The van der Waals surface area contributed by atoms with E-state index in [9.17, 15) is 23.4 Å². The van der Waals surface area contributed by atoms with E-state index < -0.39 is 16.2 Å². The highest BCUT2D eigenvalue weighted by Crippen LogP contribution is 2.31. The normalized spacial score (nSPS) is 12.2. The summed E-state index contributed by atoms with van der Waals surface area (Å²) in [7, 11) is -4.08. The zero-order chi connectivity index (χ0) is 32.3. The van der Waals surface area contributed by atoms with Crippen LogP contribution in [0.3, 0.4) is 0 Å². The molecular weight excluding hydrogens is 642 g/mol. The molecule has 9 nitrogen and oxygen atoms in total. The number of phenols is 1. The van der Waals surface area contributed by atoms with Crippen LogP contribution in [0.2, 0.25) is 5.02 Å². The average molecular weight is 682 g/mol. The second-order valence-corrected chi connectivity index (χ2v) is 14.3.